The summed E-state index contributed by atoms with van der Waals surface area (Å²) in [7, 11) is 0. The van der Waals surface area contributed by atoms with Crippen molar-refractivity contribution in [2.45, 2.75) is 32.7 Å². The van der Waals surface area contributed by atoms with E-state index in [1.807, 2.05) is 35.2 Å². The third-order valence-electron chi connectivity index (χ3n) is 4.99. The monoisotopic (exact) mass is 350 g/mol. The Bertz CT molecular complexity index is 758. The summed E-state index contributed by atoms with van der Waals surface area (Å²) in [6, 6.07) is 18.5. The highest BCUT2D eigenvalue weighted by atomic mass is 16.2. The molecule has 2 aromatic rings. The number of hydrogen-bond acceptors (Lipinski definition) is 2. The second-order valence-electron chi connectivity index (χ2n) is 6.86. The summed E-state index contributed by atoms with van der Waals surface area (Å²) < 4.78 is 0. The Kier molecular flexibility index (Phi) is 6.05. The first kappa shape index (κ1) is 18.2. The number of nitrogens with zero attached hydrogens (tertiary/aromatic N) is 2. The molecule has 0 atom stereocenters. The molecule has 0 aliphatic carbocycles. The number of carbonyl (C=O) groups excluding carboxylic acids is 2. The Labute approximate surface area is 155 Å². The Morgan fingerprint density at radius 2 is 1.69 bits per heavy atom. The van der Waals surface area contributed by atoms with Crippen LogP contribution in [0.2, 0.25) is 0 Å². The van der Waals surface area contributed by atoms with Gasteiger partial charge < -0.3 is 9.80 Å². The number of rotatable bonds is 6. The summed E-state index contributed by atoms with van der Waals surface area (Å²) in [6.45, 7) is 3.70. The lowest BCUT2D eigenvalue weighted by Gasteiger charge is -2.31. The van der Waals surface area contributed by atoms with Crippen molar-refractivity contribution < 1.29 is 9.59 Å². The maximum Gasteiger partial charge on any atom is 0.242 e. The number of aryl methyl sites for hydroxylation is 1. The van der Waals surface area contributed by atoms with Crippen LogP contribution in [0.25, 0.3) is 0 Å². The van der Waals surface area contributed by atoms with Crippen LogP contribution < -0.4 is 0 Å². The SMILES string of the molecule is CC(=O)N(CCCc1ccccc1)CC(=O)N1CCc2ccccc2C1. The van der Waals surface area contributed by atoms with Gasteiger partial charge in [-0.1, -0.05) is 54.6 Å². The quantitative estimate of drug-likeness (QED) is 0.803. The van der Waals surface area contributed by atoms with Gasteiger partial charge in [-0.2, -0.15) is 0 Å². The zero-order valence-corrected chi connectivity index (χ0v) is 15.4. The van der Waals surface area contributed by atoms with Gasteiger partial charge in [0.15, 0.2) is 0 Å². The van der Waals surface area contributed by atoms with Gasteiger partial charge >= 0.3 is 0 Å². The molecule has 0 saturated heterocycles. The fraction of sp³-hybridized carbons (Fsp3) is 0.364. The van der Waals surface area contributed by atoms with Crippen LogP contribution in [0, 0.1) is 0 Å². The third kappa shape index (κ3) is 4.72. The molecule has 2 amide bonds. The molecule has 0 aromatic heterocycles. The van der Waals surface area contributed by atoms with E-state index in [4.69, 9.17) is 0 Å². The van der Waals surface area contributed by atoms with Crippen LogP contribution in [0.3, 0.4) is 0 Å². The first-order chi connectivity index (χ1) is 12.6. The second-order valence-corrected chi connectivity index (χ2v) is 6.86. The van der Waals surface area contributed by atoms with Gasteiger partial charge in [0.05, 0.1) is 6.54 Å². The van der Waals surface area contributed by atoms with Crippen molar-refractivity contribution in [3.8, 4) is 0 Å². The number of carbonyl (C=O) groups is 2. The van der Waals surface area contributed by atoms with Crippen molar-refractivity contribution in [1.29, 1.82) is 0 Å². The highest BCUT2D eigenvalue weighted by Crippen LogP contribution is 2.18. The van der Waals surface area contributed by atoms with Gasteiger partial charge in [0, 0.05) is 26.6 Å². The highest BCUT2D eigenvalue weighted by molar-refractivity contribution is 5.84. The molecule has 0 radical (unpaired) electrons. The van der Waals surface area contributed by atoms with Gasteiger partial charge in [0.25, 0.3) is 0 Å². The van der Waals surface area contributed by atoms with E-state index in [0.717, 1.165) is 25.8 Å². The highest BCUT2D eigenvalue weighted by Gasteiger charge is 2.23. The lowest BCUT2D eigenvalue weighted by Crippen LogP contribution is -2.44. The standard InChI is InChI=1S/C22H26N2O2/c1-18(25)23(14-7-10-19-8-3-2-4-9-19)17-22(26)24-15-13-20-11-5-6-12-21(20)16-24/h2-6,8-9,11-12H,7,10,13-17H2,1H3. The van der Waals surface area contributed by atoms with Crippen LogP contribution in [0.4, 0.5) is 0 Å². The molecule has 0 saturated carbocycles. The lowest BCUT2D eigenvalue weighted by atomic mass is 10.00. The molecule has 0 unspecified atom stereocenters. The summed E-state index contributed by atoms with van der Waals surface area (Å²) >= 11 is 0. The van der Waals surface area contributed by atoms with E-state index in [0.29, 0.717) is 13.1 Å². The molecule has 1 heterocycles. The molecular formula is C22H26N2O2. The smallest absolute Gasteiger partial charge is 0.242 e. The van der Waals surface area contributed by atoms with Gasteiger partial charge in [0.2, 0.25) is 11.8 Å². The number of benzene rings is 2. The Balaban J connectivity index is 1.53. The first-order valence-electron chi connectivity index (χ1n) is 9.27. The van der Waals surface area contributed by atoms with Crippen LogP contribution in [-0.2, 0) is 29.0 Å². The van der Waals surface area contributed by atoms with Gasteiger partial charge in [-0.15, -0.1) is 0 Å². The zero-order chi connectivity index (χ0) is 18.4. The maximum absolute atomic E-state index is 12.7. The van der Waals surface area contributed by atoms with Crippen LogP contribution in [-0.4, -0.2) is 41.2 Å². The van der Waals surface area contributed by atoms with Gasteiger partial charge in [-0.3, -0.25) is 9.59 Å². The van der Waals surface area contributed by atoms with E-state index < -0.39 is 0 Å². The van der Waals surface area contributed by atoms with Crippen molar-refractivity contribution in [3.05, 3.63) is 71.3 Å². The fourth-order valence-corrected chi connectivity index (χ4v) is 3.44. The average Bonchev–Trinajstić information content (AvgIpc) is 2.67. The number of fused-ring (bicyclic) bond motifs is 1. The molecule has 0 bridgehead atoms. The maximum atomic E-state index is 12.7. The minimum absolute atomic E-state index is 0.0365. The molecule has 26 heavy (non-hydrogen) atoms. The van der Waals surface area contributed by atoms with Crippen molar-refractivity contribution >= 4 is 11.8 Å². The van der Waals surface area contributed by atoms with E-state index >= 15 is 0 Å². The number of hydrogen-bond donors (Lipinski definition) is 0. The largest absolute Gasteiger partial charge is 0.336 e. The Morgan fingerprint density at radius 3 is 2.42 bits per heavy atom. The van der Waals surface area contributed by atoms with Gasteiger partial charge in [-0.05, 0) is 36.0 Å². The van der Waals surface area contributed by atoms with Crippen LogP contribution in [0.15, 0.2) is 54.6 Å². The summed E-state index contributed by atoms with van der Waals surface area (Å²) in [4.78, 5) is 28.2. The van der Waals surface area contributed by atoms with E-state index in [1.54, 1.807) is 11.8 Å². The average molecular weight is 350 g/mol. The van der Waals surface area contributed by atoms with E-state index in [2.05, 4.69) is 24.3 Å². The van der Waals surface area contributed by atoms with Crippen molar-refractivity contribution in [3.63, 3.8) is 0 Å². The summed E-state index contributed by atoms with van der Waals surface area (Å²) in [5.41, 5.74) is 3.79. The molecule has 0 N–H and O–H groups in total. The molecule has 4 heteroatoms. The van der Waals surface area contributed by atoms with Crippen molar-refractivity contribution in [2.24, 2.45) is 0 Å². The summed E-state index contributed by atoms with van der Waals surface area (Å²) in [5.74, 6) is -0.00163. The van der Waals surface area contributed by atoms with Crippen LogP contribution in [0.5, 0.6) is 0 Å². The van der Waals surface area contributed by atoms with Crippen LogP contribution >= 0.6 is 0 Å². The molecule has 1 aliphatic rings. The van der Waals surface area contributed by atoms with E-state index in [9.17, 15) is 9.59 Å². The predicted molar refractivity (Wildman–Crippen MR) is 103 cm³/mol. The molecule has 0 fully saturated rings. The van der Waals surface area contributed by atoms with Gasteiger partial charge in [-0.25, -0.2) is 0 Å². The topological polar surface area (TPSA) is 40.6 Å². The predicted octanol–water partition coefficient (Wildman–Crippen LogP) is 3.05. The molecule has 1 aliphatic heterocycles. The normalized spacial score (nSPS) is 13.2. The molecule has 3 rings (SSSR count). The molecule has 2 aromatic carbocycles. The number of amides is 2. The molecular weight excluding hydrogens is 324 g/mol. The minimum atomic E-state index is -0.0381. The molecule has 0 spiro atoms. The second kappa shape index (κ2) is 8.65. The Hall–Kier alpha value is -2.62. The van der Waals surface area contributed by atoms with Crippen LogP contribution in [0.1, 0.15) is 30.0 Å². The molecule has 136 valence electrons. The van der Waals surface area contributed by atoms with Crippen molar-refractivity contribution in [2.75, 3.05) is 19.6 Å². The van der Waals surface area contributed by atoms with Gasteiger partial charge in [0.1, 0.15) is 0 Å². The van der Waals surface area contributed by atoms with E-state index in [1.165, 1.54) is 16.7 Å². The van der Waals surface area contributed by atoms with E-state index in [-0.39, 0.29) is 18.4 Å². The zero-order valence-electron chi connectivity index (χ0n) is 15.4. The minimum Gasteiger partial charge on any atom is -0.336 e. The summed E-state index contributed by atoms with van der Waals surface area (Å²) in [5, 5.41) is 0. The lowest BCUT2D eigenvalue weighted by molar-refractivity contribution is -0.140. The first-order valence-corrected chi connectivity index (χ1v) is 9.27. The molecule has 4 nitrogen and oxygen atoms in total. The fourth-order valence-electron chi connectivity index (χ4n) is 3.44. The van der Waals surface area contributed by atoms with Crippen molar-refractivity contribution in [1.82, 2.24) is 9.80 Å². The third-order valence-corrected chi connectivity index (χ3v) is 4.99. The Morgan fingerprint density at radius 1 is 1.00 bits per heavy atom. The summed E-state index contributed by atoms with van der Waals surface area (Å²) in [6.07, 6.45) is 2.66.